The molecule has 75 heavy (non-hydrogen) atoms. The number of benzene rings is 2. The van der Waals surface area contributed by atoms with Crippen molar-refractivity contribution in [2.24, 2.45) is 11.8 Å². The molecule has 6 fully saturated rings. The molecule has 0 radical (unpaired) electrons. The van der Waals surface area contributed by atoms with Crippen LogP contribution in [0, 0.1) is 17.7 Å². The average molecular weight is 1020 g/mol. The fourth-order valence-electron chi connectivity index (χ4n) is 13.5. The van der Waals surface area contributed by atoms with Gasteiger partial charge in [0.2, 0.25) is 29.5 Å². The first-order chi connectivity index (χ1) is 36.4. The molecule has 5 aromatic rings. The number of nitrogens with one attached hydrogen (secondary N) is 3. The standard InChI is InChI=1S/C58H68FN11O5/c1-35(2)69-34-60-48-32-47(64-53(52(48)69)63-46-10-5-4-9-44(46)59)37-15-19-43-49(29-37)70(41-30-40(31-41)66-24-6-3-7-25-66)57(75)58(43)22-27-67(28-23-58)56(74)38-21-26-68(33-38)55(73)36-13-16-39(17-14-36)61-50-12-8-11-45(62-50)42-18-20-51(71)65-54(42)72/h4-5,8-12,15,19,29,32,34-36,38-42H,3,6-7,13-14,16-18,20-28,30-31,33H2,1-2H3,(H,61,62)(H,63,64)(H,65,71,72)/t36-,38-,39-,40-,41+,42?/m1/s1. The molecule has 2 saturated carbocycles. The number of nitrogens with zero attached hydrogens (tertiary/aromatic N) is 8. The summed E-state index contributed by atoms with van der Waals surface area (Å²) in [7, 11) is 0. The lowest BCUT2D eigenvalue weighted by Crippen LogP contribution is -2.58. The van der Waals surface area contributed by atoms with Gasteiger partial charge in [-0.3, -0.25) is 29.3 Å². The summed E-state index contributed by atoms with van der Waals surface area (Å²) in [5.74, 6) is -0.243. The fourth-order valence-corrected chi connectivity index (χ4v) is 13.5. The SMILES string of the molecule is CC(C)n1cnc2cc(-c3ccc4c(c3)N([C@H]3C[C@@H](N5CCCCC5)C3)C(=O)C43CCN(C(=O)[C@@H]4CCN(C(=O)[C@H]5CC[C@H](Nc6cccc(C7CCC(=O)NC7=O)n6)CC5)C4)CC3)nc(Nc3ccccc3F)c21. The zero-order valence-corrected chi connectivity index (χ0v) is 43.1. The number of carbonyl (C=O) groups is 5. The van der Waals surface area contributed by atoms with Crippen molar-refractivity contribution in [2.45, 2.75) is 139 Å². The molecule has 1 spiro atoms. The average Bonchev–Trinajstić information content (AvgIpc) is 4.14. The van der Waals surface area contributed by atoms with Crippen LogP contribution < -0.4 is 20.9 Å². The van der Waals surface area contributed by atoms with E-state index in [1.807, 2.05) is 38.6 Å². The molecule has 3 aromatic heterocycles. The number of rotatable bonds is 11. The van der Waals surface area contributed by atoms with E-state index in [1.165, 1.54) is 25.3 Å². The summed E-state index contributed by atoms with van der Waals surface area (Å²) in [4.78, 5) is 91.0. The number of halogens is 1. The highest BCUT2D eigenvalue weighted by molar-refractivity contribution is 6.09. The Hall–Kier alpha value is -6.75. The van der Waals surface area contributed by atoms with Crippen LogP contribution in [0.1, 0.15) is 127 Å². The van der Waals surface area contributed by atoms with E-state index in [1.54, 1.807) is 24.5 Å². The van der Waals surface area contributed by atoms with Crippen LogP contribution in [-0.2, 0) is 29.4 Å². The van der Waals surface area contributed by atoms with Crippen molar-refractivity contribution in [3.05, 3.63) is 90.1 Å². The molecule has 0 bridgehead atoms. The van der Waals surface area contributed by atoms with Gasteiger partial charge in [0.05, 0.1) is 46.2 Å². The van der Waals surface area contributed by atoms with Gasteiger partial charge in [0, 0.05) is 73.9 Å². The molecule has 8 heterocycles. The number of amides is 5. The van der Waals surface area contributed by atoms with Crippen molar-refractivity contribution in [1.82, 2.24) is 39.5 Å². The number of aromatic nitrogens is 4. The van der Waals surface area contributed by atoms with Crippen LogP contribution in [-0.4, -0.2) is 121 Å². The van der Waals surface area contributed by atoms with Gasteiger partial charge < -0.3 is 34.8 Å². The first-order valence-electron chi connectivity index (χ1n) is 27.7. The second kappa shape index (κ2) is 20.1. The number of pyridine rings is 2. The van der Waals surface area contributed by atoms with E-state index < -0.39 is 11.3 Å². The van der Waals surface area contributed by atoms with Crippen LogP contribution in [0.4, 0.5) is 27.4 Å². The van der Waals surface area contributed by atoms with Gasteiger partial charge in [-0.1, -0.05) is 36.8 Å². The Bertz CT molecular complexity index is 3040. The van der Waals surface area contributed by atoms with Crippen molar-refractivity contribution < 1.29 is 28.4 Å². The molecule has 16 nitrogen and oxygen atoms in total. The molecule has 2 aliphatic carbocycles. The number of hydrogen-bond donors (Lipinski definition) is 3. The van der Waals surface area contributed by atoms with Gasteiger partial charge in [-0.05, 0) is 146 Å². The summed E-state index contributed by atoms with van der Waals surface area (Å²) in [5.41, 5.74) is 5.17. The maximum atomic E-state index is 15.3. The van der Waals surface area contributed by atoms with Crippen LogP contribution in [0.15, 0.2) is 73.1 Å². The summed E-state index contributed by atoms with van der Waals surface area (Å²) >= 11 is 0. The van der Waals surface area contributed by atoms with Gasteiger partial charge in [-0.15, -0.1) is 0 Å². The van der Waals surface area contributed by atoms with Crippen LogP contribution in [0.2, 0.25) is 0 Å². The van der Waals surface area contributed by atoms with E-state index in [0.717, 1.165) is 79.5 Å². The Kier molecular flexibility index (Phi) is 13.2. The molecule has 2 aromatic carbocycles. The van der Waals surface area contributed by atoms with E-state index in [4.69, 9.17) is 15.0 Å². The third-order valence-corrected chi connectivity index (χ3v) is 17.9. The molecule has 1 unspecified atom stereocenters. The predicted octanol–water partition coefficient (Wildman–Crippen LogP) is 8.22. The Morgan fingerprint density at radius 3 is 2.32 bits per heavy atom. The van der Waals surface area contributed by atoms with Gasteiger partial charge in [-0.2, -0.15) is 0 Å². The molecule has 4 saturated heterocycles. The quantitative estimate of drug-likeness (QED) is 0.109. The smallest absolute Gasteiger partial charge is 0.238 e. The lowest BCUT2D eigenvalue weighted by Gasteiger charge is -2.48. The van der Waals surface area contributed by atoms with E-state index >= 15 is 9.18 Å². The lowest BCUT2D eigenvalue weighted by molar-refractivity contribution is -0.140. The highest BCUT2D eigenvalue weighted by atomic mass is 19.1. The summed E-state index contributed by atoms with van der Waals surface area (Å²) in [6.45, 7) is 8.30. The summed E-state index contributed by atoms with van der Waals surface area (Å²) in [6.07, 6.45) is 12.9. The fraction of sp³-hybridized carbons (Fsp3) is 0.517. The Morgan fingerprint density at radius 2 is 1.56 bits per heavy atom. The number of piperidine rings is 3. The highest BCUT2D eigenvalue weighted by Crippen LogP contribution is 2.52. The van der Waals surface area contributed by atoms with Gasteiger partial charge in [0.1, 0.15) is 17.2 Å². The number of fused-ring (bicyclic) bond motifs is 3. The first kappa shape index (κ1) is 49.1. The zero-order chi connectivity index (χ0) is 51.5. The topological polar surface area (TPSA) is 178 Å². The highest BCUT2D eigenvalue weighted by Gasteiger charge is 2.56. The van der Waals surface area contributed by atoms with Gasteiger partial charge in [0.15, 0.2) is 5.82 Å². The first-order valence-corrected chi connectivity index (χ1v) is 27.7. The van der Waals surface area contributed by atoms with Gasteiger partial charge in [0.25, 0.3) is 0 Å². The second-order valence-electron chi connectivity index (χ2n) is 22.7. The monoisotopic (exact) mass is 1020 g/mol. The third-order valence-electron chi connectivity index (χ3n) is 17.9. The van der Waals surface area contributed by atoms with Crippen LogP contribution in [0.25, 0.3) is 22.3 Å². The summed E-state index contributed by atoms with van der Waals surface area (Å²) < 4.78 is 17.2. The van der Waals surface area contributed by atoms with Gasteiger partial charge >= 0.3 is 0 Å². The number of anilines is 4. The summed E-state index contributed by atoms with van der Waals surface area (Å²) in [6, 6.07) is 21.2. The lowest BCUT2D eigenvalue weighted by atomic mass is 9.73. The maximum Gasteiger partial charge on any atom is 0.238 e. The number of hydrogen-bond acceptors (Lipinski definition) is 11. The zero-order valence-electron chi connectivity index (χ0n) is 43.1. The minimum atomic E-state index is -0.760. The summed E-state index contributed by atoms with van der Waals surface area (Å²) in [5, 5.41) is 9.23. The van der Waals surface area contributed by atoms with Crippen molar-refractivity contribution in [1.29, 1.82) is 0 Å². The molecule has 12 rings (SSSR count). The van der Waals surface area contributed by atoms with Crippen molar-refractivity contribution in [3.63, 3.8) is 0 Å². The van der Waals surface area contributed by atoms with E-state index in [-0.39, 0.29) is 65.3 Å². The Balaban J connectivity index is 0.721. The molecule has 5 aliphatic heterocycles. The maximum absolute atomic E-state index is 15.3. The third kappa shape index (κ3) is 9.22. The largest absolute Gasteiger partial charge is 0.367 e. The van der Waals surface area contributed by atoms with E-state index in [0.29, 0.717) is 93.0 Å². The molecule has 5 amide bonds. The number of likely N-dealkylation sites (tertiary alicyclic amines) is 3. The Morgan fingerprint density at radius 1 is 0.787 bits per heavy atom. The van der Waals surface area contributed by atoms with E-state index in [9.17, 15) is 19.2 Å². The van der Waals surface area contributed by atoms with Crippen LogP contribution >= 0.6 is 0 Å². The molecule has 392 valence electrons. The number of imide groups is 1. The minimum absolute atomic E-state index is 0.0715. The molecular formula is C58H68FN11O5. The van der Waals surface area contributed by atoms with Crippen LogP contribution in [0.3, 0.4) is 0 Å². The normalized spacial score (nSPS) is 25.9. The van der Waals surface area contributed by atoms with Crippen molar-refractivity contribution in [3.8, 4) is 11.3 Å². The van der Waals surface area contributed by atoms with Gasteiger partial charge in [-0.25, -0.2) is 19.3 Å². The van der Waals surface area contributed by atoms with Crippen molar-refractivity contribution in [2.75, 3.05) is 54.8 Å². The van der Waals surface area contributed by atoms with E-state index in [2.05, 4.69) is 57.8 Å². The Labute approximate surface area is 437 Å². The molecule has 3 N–H and O–H groups in total. The van der Waals surface area contributed by atoms with Crippen LogP contribution in [0.5, 0.6) is 0 Å². The molecular weight excluding hydrogens is 950 g/mol. The molecule has 2 atom stereocenters. The minimum Gasteiger partial charge on any atom is -0.367 e. The molecule has 7 aliphatic rings. The van der Waals surface area contributed by atoms with Crippen molar-refractivity contribution >= 4 is 63.6 Å². The molecule has 17 heteroatoms. The predicted molar refractivity (Wildman–Crippen MR) is 284 cm³/mol. The number of carbonyl (C=O) groups excluding carboxylic acids is 5. The second-order valence-corrected chi connectivity index (χ2v) is 22.7. The number of imidazole rings is 1. The number of para-hydroxylation sites is 1.